The van der Waals surface area contributed by atoms with E-state index in [4.69, 9.17) is 5.73 Å². The fourth-order valence-corrected chi connectivity index (χ4v) is 1.66. The normalized spacial score (nSPS) is 19.4. The van der Waals surface area contributed by atoms with Gasteiger partial charge in [-0.05, 0) is 18.8 Å². The zero-order chi connectivity index (χ0) is 8.85. The first kappa shape index (κ1) is 10.9. The minimum atomic E-state index is -0.226. The van der Waals surface area contributed by atoms with E-state index in [0.717, 1.165) is 12.8 Å². The Kier molecular flexibility index (Phi) is 5.47. The van der Waals surface area contributed by atoms with Gasteiger partial charge in [-0.3, -0.25) is 4.39 Å². The Morgan fingerprint density at radius 2 is 1.82 bits per heavy atom. The van der Waals surface area contributed by atoms with Crippen LogP contribution < -0.4 is 5.73 Å². The van der Waals surface area contributed by atoms with E-state index in [0.29, 0.717) is 5.92 Å². The van der Waals surface area contributed by atoms with Gasteiger partial charge in [0.2, 0.25) is 0 Å². The minimum Gasteiger partial charge on any atom is -0.328 e. The summed E-state index contributed by atoms with van der Waals surface area (Å²) >= 11 is 0. The lowest BCUT2D eigenvalue weighted by Crippen LogP contribution is -2.32. The average molecular weight is 161 g/mol. The third kappa shape index (κ3) is 3.19. The molecule has 0 fully saturated rings. The van der Waals surface area contributed by atoms with Gasteiger partial charge in [0.05, 0.1) is 6.67 Å². The monoisotopic (exact) mass is 161 g/mol. The lowest BCUT2D eigenvalue weighted by atomic mass is 9.84. The zero-order valence-corrected chi connectivity index (χ0v) is 7.81. The average Bonchev–Trinajstić information content (AvgIpc) is 1.99. The Labute approximate surface area is 69.2 Å². The molecular weight excluding hydrogens is 141 g/mol. The highest BCUT2D eigenvalue weighted by atomic mass is 19.1. The molecule has 0 aromatic rings. The van der Waals surface area contributed by atoms with Gasteiger partial charge in [-0.25, -0.2) is 0 Å². The molecule has 1 nitrogen and oxygen atoms in total. The van der Waals surface area contributed by atoms with Crippen molar-refractivity contribution >= 4 is 0 Å². The van der Waals surface area contributed by atoms with Gasteiger partial charge >= 0.3 is 0 Å². The highest BCUT2D eigenvalue weighted by Gasteiger charge is 2.21. The SMILES string of the molecule is CCC(CF)C(CC)C(C)N. The summed E-state index contributed by atoms with van der Waals surface area (Å²) in [6.07, 6.45) is 1.89. The van der Waals surface area contributed by atoms with Crippen molar-refractivity contribution in [1.29, 1.82) is 0 Å². The first-order valence-electron chi connectivity index (χ1n) is 4.48. The largest absolute Gasteiger partial charge is 0.328 e. The Balaban J connectivity index is 3.98. The Bertz CT molecular complexity index is 89.6. The van der Waals surface area contributed by atoms with Crippen LogP contribution in [0.5, 0.6) is 0 Å². The molecule has 0 saturated carbocycles. The quantitative estimate of drug-likeness (QED) is 0.658. The summed E-state index contributed by atoms with van der Waals surface area (Å²) in [5.74, 6) is 0.519. The van der Waals surface area contributed by atoms with Gasteiger partial charge in [-0.15, -0.1) is 0 Å². The van der Waals surface area contributed by atoms with Gasteiger partial charge in [-0.1, -0.05) is 26.7 Å². The summed E-state index contributed by atoms with van der Waals surface area (Å²) < 4.78 is 12.4. The van der Waals surface area contributed by atoms with Gasteiger partial charge in [0, 0.05) is 6.04 Å². The Morgan fingerprint density at radius 3 is 1.91 bits per heavy atom. The van der Waals surface area contributed by atoms with E-state index < -0.39 is 0 Å². The summed E-state index contributed by atoms with van der Waals surface area (Å²) in [7, 11) is 0. The summed E-state index contributed by atoms with van der Waals surface area (Å²) in [4.78, 5) is 0. The standard InChI is InChI=1S/C9H20FN/c1-4-8(6-10)9(5-2)7(3)11/h7-9H,4-6,11H2,1-3H3. The number of hydrogen-bond acceptors (Lipinski definition) is 1. The molecular formula is C9H20FN. The minimum absolute atomic E-state index is 0.126. The van der Waals surface area contributed by atoms with E-state index >= 15 is 0 Å². The summed E-state index contributed by atoms with van der Waals surface area (Å²) in [6, 6.07) is 0.126. The van der Waals surface area contributed by atoms with Crippen molar-refractivity contribution in [3.05, 3.63) is 0 Å². The Hall–Kier alpha value is -0.110. The maximum Gasteiger partial charge on any atom is 0.0925 e. The van der Waals surface area contributed by atoms with Crippen LogP contribution in [0.1, 0.15) is 33.6 Å². The van der Waals surface area contributed by atoms with Crippen molar-refractivity contribution in [2.24, 2.45) is 17.6 Å². The molecule has 0 rings (SSSR count). The van der Waals surface area contributed by atoms with E-state index in [1.807, 2.05) is 13.8 Å². The maximum absolute atomic E-state index is 12.4. The molecule has 2 heteroatoms. The summed E-state index contributed by atoms with van der Waals surface area (Å²) in [5.41, 5.74) is 5.73. The third-order valence-corrected chi connectivity index (χ3v) is 2.47. The number of hydrogen-bond donors (Lipinski definition) is 1. The molecule has 0 aromatic heterocycles. The fraction of sp³-hybridized carbons (Fsp3) is 1.00. The molecule has 68 valence electrons. The summed E-state index contributed by atoms with van der Waals surface area (Å²) in [5, 5.41) is 0. The summed E-state index contributed by atoms with van der Waals surface area (Å²) in [6.45, 7) is 5.84. The van der Waals surface area contributed by atoms with Crippen molar-refractivity contribution < 1.29 is 4.39 Å². The highest BCUT2D eigenvalue weighted by Crippen LogP contribution is 2.22. The van der Waals surface area contributed by atoms with E-state index in [1.165, 1.54) is 0 Å². The molecule has 0 heterocycles. The molecule has 3 atom stereocenters. The van der Waals surface area contributed by atoms with Crippen LogP contribution >= 0.6 is 0 Å². The molecule has 0 amide bonds. The van der Waals surface area contributed by atoms with Gasteiger partial charge in [0.15, 0.2) is 0 Å². The van der Waals surface area contributed by atoms with Crippen LogP contribution in [0, 0.1) is 11.8 Å². The molecule has 0 aliphatic heterocycles. The first-order valence-corrected chi connectivity index (χ1v) is 4.48. The molecule has 0 aliphatic carbocycles. The van der Waals surface area contributed by atoms with Crippen LogP contribution in [-0.4, -0.2) is 12.7 Å². The predicted molar refractivity (Wildman–Crippen MR) is 47.2 cm³/mol. The van der Waals surface area contributed by atoms with Gasteiger partial charge < -0.3 is 5.73 Å². The second-order valence-electron chi connectivity index (χ2n) is 3.25. The zero-order valence-electron chi connectivity index (χ0n) is 7.81. The van der Waals surface area contributed by atoms with E-state index in [9.17, 15) is 4.39 Å². The lowest BCUT2D eigenvalue weighted by molar-refractivity contribution is 0.221. The molecule has 0 aliphatic rings. The van der Waals surface area contributed by atoms with Crippen LogP contribution in [0.15, 0.2) is 0 Å². The molecule has 0 spiro atoms. The van der Waals surface area contributed by atoms with Crippen LogP contribution in [0.25, 0.3) is 0 Å². The van der Waals surface area contributed by atoms with E-state index in [-0.39, 0.29) is 18.6 Å². The molecule has 11 heavy (non-hydrogen) atoms. The highest BCUT2D eigenvalue weighted by molar-refractivity contribution is 4.74. The van der Waals surface area contributed by atoms with Gasteiger partial charge in [0.1, 0.15) is 0 Å². The fourth-order valence-electron chi connectivity index (χ4n) is 1.66. The first-order chi connectivity index (χ1) is 5.17. The molecule has 0 radical (unpaired) electrons. The number of rotatable bonds is 5. The second-order valence-corrected chi connectivity index (χ2v) is 3.25. The van der Waals surface area contributed by atoms with Crippen LogP contribution in [0.4, 0.5) is 4.39 Å². The topological polar surface area (TPSA) is 26.0 Å². The van der Waals surface area contributed by atoms with Crippen molar-refractivity contribution in [2.75, 3.05) is 6.67 Å². The van der Waals surface area contributed by atoms with Gasteiger partial charge in [-0.2, -0.15) is 0 Å². The van der Waals surface area contributed by atoms with Crippen LogP contribution in [0.2, 0.25) is 0 Å². The van der Waals surface area contributed by atoms with E-state index in [1.54, 1.807) is 0 Å². The number of alkyl halides is 1. The lowest BCUT2D eigenvalue weighted by Gasteiger charge is -2.25. The van der Waals surface area contributed by atoms with Crippen molar-refractivity contribution in [3.63, 3.8) is 0 Å². The molecule has 0 aromatic carbocycles. The van der Waals surface area contributed by atoms with Crippen LogP contribution in [0.3, 0.4) is 0 Å². The molecule has 0 saturated heterocycles. The Morgan fingerprint density at radius 1 is 1.27 bits per heavy atom. The molecule has 2 N–H and O–H groups in total. The van der Waals surface area contributed by atoms with Crippen molar-refractivity contribution in [2.45, 2.75) is 39.7 Å². The smallest absolute Gasteiger partial charge is 0.0925 e. The third-order valence-electron chi connectivity index (χ3n) is 2.47. The second kappa shape index (κ2) is 5.53. The van der Waals surface area contributed by atoms with E-state index in [2.05, 4.69) is 6.92 Å². The van der Waals surface area contributed by atoms with Crippen molar-refractivity contribution in [1.82, 2.24) is 0 Å². The van der Waals surface area contributed by atoms with Crippen LogP contribution in [-0.2, 0) is 0 Å². The molecule has 3 unspecified atom stereocenters. The van der Waals surface area contributed by atoms with Crippen molar-refractivity contribution in [3.8, 4) is 0 Å². The maximum atomic E-state index is 12.4. The number of halogens is 1. The van der Waals surface area contributed by atoms with Gasteiger partial charge in [0.25, 0.3) is 0 Å². The predicted octanol–water partition coefficient (Wildman–Crippen LogP) is 2.36. The number of nitrogens with two attached hydrogens (primary N) is 1. The molecule has 0 bridgehead atoms.